The van der Waals surface area contributed by atoms with E-state index in [0.29, 0.717) is 30.2 Å². The molecule has 2 N–H and O–H groups in total. The summed E-state index contributed by atoms with van der Waals surface area (Å²) in [5, 5.41) is 22.4. The van der Waals surface area contributed by atoms with Crippen LogP contribution in [0.5, 0.6) is 0 Å². The van der Waals surface area contributed by atoms with Crippen molar-refractivity contribution >= 4 is 5.82 Å². The van der Waals surface area contributed by atoms with Crippen LogP contribution >= 0.6 is 0 Å². The second-order valence-electron chi connectivity index (χ2n) is 9.25. The average molecular weight is 489 g/mol. The van der Waals surface area contributed by atoms with Crippen LogP contribution in [0.2, 0.25) is 0 Å². The highest BCUT2D eigenvalue weighted by molar-refractivity contribution is 5.87. The molecule has 1 atom stereocenters. The van der Waals surface area contributed by atoms with Crippen LogP contribution in [0.4, 0.5) is 10.2 Å². The molecule has 0 amide bonds. The van der Waals surface area contributed by atoms with Gasteiger partial charge in [0.15, 0.2) is 0 Å². The van der Waals surface area contributed by atoms with Gasteiger partial charge >= 0.3 is 0 Å². The van der Waals surface area contributed by atoms with Crippen molar-refractivity contribution in [3.63, 3.8) is 0 Å². The zero-order valence-electron chi connectivity index (χ0n) is 20.4. The first kappa shape index (κ1) is 23.9. The van der Waals surface area contributed by atoms with Gasteiger partial charge in [0.25, 0.3) is 5.56 Å². The van der Waals surface area contributed by atoms with E-state index in [1.165, 1.54) is 22.9 Å². The standard InChI is InChI=1S/C27H29FN6O2/c1-18-5-3-4-6-23(18)34-24(36)12-11-22(30-34)25-26(20-7-9-21(28)10-8-20)31-33-17-19(15-29-27(25)33)16-32(2)13-14-35/h3-12,19,29,35H,13-17H2,1-2H3. The minimum Gasteiger partial charge on any atom is -0.395 e. The number of aromatic nitrogens is 4. The van der Waals surface area contributed by atoms with E-state index >= 15 is 0 Å². The molecule has 186 valence electrons. The van der Waals surface area contributed by atoms with Crippen molar-refractivity contribution in [3.8, 4) is 28.2 Å². The number of aryl methyl sites for hydroxylation is 1. The first-order chi connectivity index (χ1) is 17.4. The number of para-hydroxylation sites is 1. The lowest BCUT2D eigenvalue weighted by Crippen LogP contribution is -2.37. The molecule has 0 saturated carbocycles. The summed E-state index contributed by atoms with van der Waals surface area (Å²) in [6.45, 7) is 4.89. The molecule has 1 aliphatic heterocycles. The highest BCUT2D eigenvalue weighted by Gasteiger charge is 2.28. The molecule has 0 bridgehead atoms. The van der Waals surface area contributed by atoms with Crippen LogP contribution in [0.3, 0.4) is 0 Å². The number of aliphatic hydroxyl groups excluding tert-OH is 1. The topological polar surface area (TPSA) is 88.2 Å². The monoisotopic (exact) mass is 488 g/mol. The van der Waals surface area contributed by atoms with Gasteiger partial charge in [0.2, 0.25) is 0 Å². The lowest BCUT2D eigenvalue weighted by atomic mass is 10.0. The minimum atomic E-state index is -0.319. The number of likely N-dealkylation sites (N-methyl/N-ethyl adjacent to an activating group) is 1. The van der Waals surface area contributed by atoms with Gasteiger partial charge in [0, 0.05) is 43.7 Å². The van der Waals surface area contributed by atoms with Crippen molar-refractivity contribution in [3.05, 3.63) is 82.4 Å². The Hall–Kier alpha value is -3.82. The van der Waals surface area contributed by atoms with Crippen molar-refractivity contribution in [1.29, 1.82) is 0 Å². The van der Waals surface area contributed by atoms with E-state index in [2.05, 4.69) is 10.2 Å². The molecule has 0 saturated heterocycles. The third-order valence-electron chi connectivity index (χ3n) is 6.51. The largest absolute Gasteiger partial charge is 0.395 e. The summed E-state index contributed by atoms with van der Waals surface area (Å²) in [6.07, 6.45) is 0. The van der Waals surface area contributed by atoms with E-state index in [0.717, 1.165) is 35.6 Å². The Bertz CT molecular complexity index is 1430. The molecule has 2 aromatic carbocycles. The molecular formula is C27H29FN6O2. The van der Waals surface area contributed by atoms with Gasteiger partial charge in [-0.2, -0.15) is 14.9 Å². The third kappa shape index (κ3) is 4.67. The molecule has 36 heavy (non-hydrogen) atoms. The summed E-state index contributed by atoms with van der Waals surface area (Å²) in [7, 11) is 1.99. The van der Waals surface area contributed by atoms with Crippen LogP contribution in [-0.4, -0.2) is 62.9 Å². The Morgan fingerprint density at radius 1 is 1.11 bits per heavy atom. The number of nitrogens with one attached hydrogen (secondary N) is 1. The second kappa shape index (κ2) is 10.0. The molecule has 3 heterocycles. The maximum absolute atomic E-state index is 13.7. The van der Waals surface area contributed by atoms with Gasteiger partial charge in [-0.1, -0.05) is 18.2 Å². The molecule has 0 fully saturated rings. The number of halogens is 1. The smallest absolute Gasteiger partial charge is 0.271 e. The van der Waals surface area contributed by atoms with E-state index in [9.17, 15) is 14.3 Å². The molecule has 9 heteroatoms. The number of rotatable bonds is 7. The van der Waals surface area contributed by atoms with Gasteiger partial charge in [-0.05, 0) is 55.9 Å². The van der Waals surface area contributed by atoms with Crippen LogP contribution in [0.1, 0.15) is 5.56 Å². The van der Waals surface area contributed by atoms with Gasteiger partial charge in [-0.15, -0.1) is 0 Å². The third-order valence-corrected chi connectivity index (χ3v) is 6.51. The Balaban J connectivity index is 1.62. The summed E-state index contributed by atoms with van der Waals surface area (Å²) in [5.74, 6) is 0.787. The molecule has 0 radical (unpaired) electrons. The summed E-state index contributed by atoms with van der Waals surface area (Å²) in [4.78, 5) is 14.9. The zero-order valence-corrected chi connectivity index (χ0v) is 20.4. The molecule has 5 rings (SSSR count). The van der Waals surface area contributed by atoms with Gasteiger partial charge in [0.1, 0.15) is 17.3 Å². The van der Waals surface area contributed by atoms with Crippen LogP contribution in [-0.2, 0) is 6.54 Å². The van der Waals surface area contributed by atoms with E-state index < -0.39 is 0 Å². The number of hydrogen-bond donors (Lipinski definition) is 2. The zero-order chi connectivity index (χ0) is 25.2. The van der Waals surface area contributed by atoms with E-state index in [-0.39, 0.29) is 23.9 Å². The molecule has 0 aliphatic carbocycles. The summed E-state index contributed by atoms with van der Waals surface area (Å²) in [5.41, 5.74) is 4.23. The summed E-state index contributed by atoms with van der Waals surface area (Å²) in [6, 6.07) is 17.1. The highest BCUT2D eigenvalue weighted by atomic mass is 19.1. The number of nitrogens with zero attached hydrogens (tertiary/aromatic N) is 5. The normalized spacial score (nSPS) is 15.1. The minimum absolute atomic E-state index is 0.116. The molecule has 1 unspecified atom stereocenters. The van der Waals surface area contributed by atoms with Crippen LogP contribution in [0.15, 0.2) is 65.5 Å². The maximum atomic E-state index is 13.7. The Morgan fingerprint density at radius 3 is 2.64 bits per heavy atom. The van der Waals surface area contributed by atoms with E-state index in [1.54, 1.807) is 18.2 Å². The first-order valence-electron chi connectivity index (χ1n) is 12.0. The first-order valence-corrected chi connectivity index (χ1v) is 12.0. The number of aliphatic hydroxyl groups is 1. The summed E-state index contributed by atoms with van der Waals surface area (Å²) >= 11 is 0. The number of fused-ring (bicyclic) bond motifs is 1. The van der Waals surface area contributed by atoms with Gasteiger partial charge in [-0.3, -0.25) is 4.79 Å². The Labute approximate surface area is 208 Å². The van der Waals surface area contributed by atoms with E-state index in [4.69, 9.17) is 10.2 Å². The number of benzene rings is 2. The predicted molar refractivity (Wildman–Crippen MR) is 138 cm³/mol. The van der Waals surface area contributed by atoms with Gasteiger partial charge in [0.05, 0.1) is 23.6 Å². The highest BCUT2D eigenvalue weighted by Crippen LogP contribution is 2.38. The van der Waals surface area contributed by atoms with Gasteiger partial charge < -0.3 is 15.3 Å². The molecule has 4 aromatic rings. The maximum Gasteiger partial charge on any atom is 0.271 e. The molecule has 0 spiro atoms. The van der Waals surface area contributed by atoms with E-state index in [1.807, 2.05) is 42.9 Å². The average Bonchev–Trinajstić information content (AvgIpc) is 3.24. The van der Waals surface area contributed by atoms with Crippen LogP contribution < -0.4 is 10.9 Å². The van der Waals surface area contributed by atoms with Crippen molar-refractivity contribution in [2.24, 2.45) is 5.92 Å². The van der Waals surface area contributed by atoms with Crippen molar-refractivity contribution < 1.29 is 9.50 Å². The van der Waals surface area contributed by atoms with Gasteiger partial charge in [-0.25, -0.2) is 9.07 Å². The van der Waals surface area contributed by atoms with Crippen molar-refractivity contribution in [2.45, 2.75) is 13.5 Å². The predicted octanol–water partition coefficient (Wildman–Crippen LogP) is 3.18. The Morgan fingerprint density at radius 2 is 1.89 bits per heavy atom. The quantitative estimate of drug-likeness (QED) is 0.416. The summed E-state index contributed by atoms with van der Waals surface area (Å²) < 4.78 is 17.0. The van der Waals surface area contributed by atoms with Crippen LogP contribution in [0, 0.1) is 18.7 Å². The fourth-order valence-electron chi connectivity index (χ4n) is 4.72. The number of hydrogen-bond acceptors (Lipinski definition) is 6. The van der Waals surface area contributed by atoms with Crippen molar-refractivity contribution in [1.82, 2.24) is 24.5 Å². The molecule has 1 aliphatic rings. The molecule has 2 aromatic heterocycles. The molecular weight excluding hydrogens is 459 g/mol. The fraction of sp³-hybridized carbons (Fsp3) is 0.296. The van der Waals surface area contributed by atoms with Crippen LogP contribution in [0.25, 0.3) is 28.2 Å². The number of anilines is 1. The Kier molecular flexibility index (Phi) is 6.67. The fourth-order valence-corrected chi connectivity index (χ4v) is 4.72. The van der Waals surface area contributed by atoms with Crippen molar-refractivity contribution in [2.75, 3.05) is 38.6 Å². The SMILES string of the molecule is Cc1ccccc1-n1nc(-c2c(-c3ccc(F)cc3)nn3c2NCC(CN(C)CCO)C3)ccc1=O. The second-order valence-corrected chi connectivity index (χ2v) is 9.25. The molecule has 8 nitrogen and oxygen atoms in total. The lowest BCUT2D eigenvalue weighted by Gasteiger charge is -2.29. The lowest BCUT2D eigenvalue weighted by molar-refractivity contribution is 0.195.